The zero-order chi connectivity index (χ0) is 13.9. The van der Waals surface area contributed by atoms with Gasteiger partial charge in [-0.25, -0.2) is 4.98 Å². The van der Waals surface area contributed by atoms with Gasteiger partial charge in [-0.05, 0) is 24.3 Å². The molecule has 1 amide bonds. The molecule has 100 valence electrons. The fourth-order valence-corrected chi connectivity index (χ4v) is 1.80. The average Bonchev–Trinajstić information content (AvgIpc) is 2.89. The third-order valence-corrected chi connectivity index (χ3v) is 2.81. The van der Waals surface area contributed by atoms with E-state index in [1.165, 1.54) is 6.20 Å². The maximum atomic E-state index is 11.9. The van der Waals surface area contributed by atoms with E-state index in [0.717, 1.165) is 5.65 Å². The summed E-state index contributed by atoms with van der Waals surface area (Å²) in [6.07, 6.45) is 3.29. The van der Waals surface area contributed by atoms with Crippen LogP contribution in [0, 0.1) is 0 Å². The predicted octanol–water partition coefficient (Wildman–Crippen LogP) is 0.636. The number of nitrogens with one attached hydrogen (secondary N) is 1. The van der Waals surface area contributed by atoms with Gasteiger partial charge in [-0.15, -0.1) is 10.2 Å². The van der Waals surface area contributed by atoms with Crippen LogP contribution < -0.4 is 11.1 Å². The Kier molecular flexibility index (Phi) is 3.00. The minimum atomic E-state index is -0.280. The number of hydrogen-bond donors (Lipinski definition) is 2. The van der Waals surface area contributed by atoms with Crippen molar-refractivity contribution < 1.29 is 4.79 Å². The van der Waals surface area contributed by atoms with E-state index in [-0.39, 0.29) is 12.5 Å². The van der Waals surface area contributed by atoms with Crippen LogP contribution in [0.3, 0.4) is 0 Å². The van der Waals surface area contributed by atoms with Crippen LogP contribution in [0.25, 0.3) is 5.65 Å². The van der Waals surface area contributed by atoms with Gasteiger partial charge in [0.2, 0.25) is 0 Å². The minimum Gasteiger partial charge on any atom is -0.397 e. The number of anilines is 1. The van der Waals surface area contributed by atoms with E-state index >= 15 is 0 Å². The fourth-order valence-electron chi connectivity index (χ4n) is 1.80. The molecule has 0 aliphatic carbocycles. The third kappa shape index (κ3) is 2.28. The van der Waals surface area contributed by atoms with Crippen LogP contribution in [-0.4, -0.2) is 25.5 Å². The number of fused-ring (bicyclic) bond motifs is 1. The first-order chi connectivity index (χ1) is 9.74. The first kappa shape index (κ1) is 12.1. The molecule has 0 spiro atoms. The maximum Gasteiger partial charge on any atom is 0.270 e. The highest BCUT2D eigenvalue weighted by Gasteiger charge is 2.09. The molecule has 3 aromatic heterocycles. The Morgan fingerprint density at radius 3 is 2.95 bits per heavy atom. The van der Waals surface area contributed by atoms with E-state index in [4.69, 9.17) is 5.73 Å². The Balaban J connectivity index is 1.73. The zero-order valence-corrected chi connectivity index (χ0v) is 10.5. The number of carbonyl (C=O) groups is 1. The molecular formula is C13H12N6O. The Bertz CT molecular complexity index is 749. The van der Waals surface area contributed by atoms with E-state index in [0.29, 0.717) is 17.2 Å². The number of nitrogens with two attached hydrogens (primary N) is 1. The number of rotatable bonds is 3. The van der Waals surface area contributed by atoms with Crippen LogP contribution in [0.4, 0.5) is 5.69 Å². The average molecular weight is 268 g/mol. The first-order valence-electron chi connectivity index (χ1n) is 6.02. The monoisotopic (exact) mass is 268 g/mol. The van der Waals surface area contributed by atoms with Gasteiger partial charge in [-0.3, -0.25) is 9.20 Å². The van der Waals surface area contributed by atoms with Crippen LogP contribution >= 0.6 is 0 Å². The van der Waals surface area contributed by atoms with Crippen molar-refractivity contribution in [1.82, 2.24) is 24.9 Å². The maximum absolute atomic E-state index is 11.9. The van der Waals surface area contributed by atoms with Gasteiger partial charge >= 0.3 is 0 Å². The lowest BCUT2D eigenvalue weighted by molar-refractivity contribution is 0.0945. The Morgan fingerprint density at radius 1 is 1.25 bits per heavy atom. The quantitative estimate of drug-likeness (QED) is 0.726. The molecule has 0 fully saturated rings. The van der Waals surface area contributed by atoms with Crippen molar-refractivity contribution in [3.63, 3.8) is 0 Å². The molecule has 0 saturated carbocycles. The summed E-state index contributed by atoms with van der Waals surface area (Å²) in [5, 5.41) is 10.8. The summed E-state index contributed by atoms with van der Waals surface area (Å²) in [7, 11) is 0. The van der Waals surface area contributed by atoms with Gasteiger partial charge < -0.3 is 11.1 Å². The highest BCUT2D eigenvalue weighted by Crippen LogP contribution is 2.04. The molecule has 0 aromatic carbocycles. The lowest BCUT2D eigenvalue weighted by Crippen LogP contribution is -2.24. The molecule has 7 nitrogen and oxygen atoms in total. The van der Waals surface area contributed by atoms with Gasteiger partial charge in [0.05, 0.1) is 18.4 Å². The second kappa shape index (κ2) is 4.96. The summed E-state index contributed by atoms with van der Waals surface area (Å²) in [6.45, 7) is 0.274. The molecule has 3 aromatic rings. The lowest BCUT2D eigenvalue weighted by Gasteiger charge is -2.03. The predicted molar refractivity (Wildman–Crippen MR) is 72.8 cm³/mol. The van der Waals surface area contributed by atoms with Crippen LogP contribution in [0.5, 0.6) is 0 Å². The van der Waals surface area contributed by atoms with E-state index < -0.39 is 0 Å². The second-order valence-electron chi connectivity index (χ2n) is 4.20. The van der Waals surface area contributed by atoms with Gasteiger partial charge in [0, 0.05) is 6.20 Å². The summed E-state index contributed by atoms with van der Waals surface area (Å²) < 4.78 is 1.82. The number of nitrogen functional groups attached to an aromatic ring is 1. The third-order valence-electron chi connectivity index (χ3n) is 2.81. The van der Waals surface area contributed by atoms with Gasteiger partial charge in [0.15, 0.2) is 11.5 Å². The zero-order valence-electron chi connectivity index (χ0n) is 10.5. The number of pyridine rings is 2. The molecule has 20 heavy (non-hydrogen) atoms. The molecule has 0 bridgehead atoms. The number of aromatic nitrogens is 4. The van der Waals surface area contributed by atoms with Crippen molar-refractivity contribution in [2.45, 2.75) is 6.54 Å². The summed E-state index contributed by atoms with van der Waals surface area (Å²) >= 11 is 0. The summed E-state index contributed by atoms with van der Waals surface area (Å²) in [4.78, 5) is 15.9. The second-order valence-corrected chi connectivity index (χ2v) is 4.20. The molecule has 3 heterocycles. The number of amides is 1. The van der Waals surface area contributed by atoms with E-state index in [1.807, 2.05) is 28.8 Å². The van der Waals surface area contributed by atoms with Crippen molar-refractivity contribution in [1.29, 1.82) is 0 Å². The number of carbonyl (C=O) groups excluding carboxylic acids is 1. The summed E-state index contributed by atoms with van der Waals surface area (Å²) in [6, 6.07) is 8.81. The minimum absolute atomic E-state index is 0.274. The van der Waals surface area contributed by atoms with Crippen molar-refractivity contribution in [3.8, 4) is 0 Å². The van der Waals surface area contributed by atoms with Crippen molar-refractivity contribution in [2.24, 2.45) is 0 Å². The summed E-state index contributed by atoms with van der Waals surface area (Å²) in [5.74, 6) is 0.377. The highest BCUT2D eigenvalue weighted by atomic mass is 16.1. The normalized spacial score (nSPS) is 10.6. The molecule has 0 aliphatic rings. The molecule has 0 saturated heterocycles. The molecule has 3 N–H and O–H groups in total. The standard InChI is InChI=1S/C13H12N6O/c14-9-4-5-10(15-7-9)13(20)16-8-12-18-17-11-3-1-2-6-19(11)12/h1-7H,8,14H2,(H,16,20). The number of hydrogen-bond acceptors (Lipinski definition) is 5. The first-order valence-corrected chi connectivity index (χ1v) is 6.02. The molecule has 0 aliphatic heterocycles. The highest BCUT2D eigenvalue weighted by molar-refractivity contribution is 5.92. The van der Waals surface area contributed by atoms with Crippen molar-refractivity contribution in [3.05, 3.63) is 54.2 Å². The molecule has 3 rings (SSSR count). The van der Waals surface area contributed by atoms with Crippen LogP contribution in [0.15, 0.2) is 42.7 Å². The lowest BCUT2D eigenvalue weighted by atomic mass is 10.3. The Hall–Kier alpha value is -2.96. The van der Waals surface area contributed by atoms with Crippen LogP contribution in [0.1, 0.15) is 16.3 Å². The molecule has 7 heteroatoms. The van der Waals surface area contributed by atoms with Gasteiger partial charge in [-0.2, -0.15) is 0 Å². The Labute approximate surface area is 114 Å². The van der Waals surface area contributed by atoms with Gasteiger partial charge in [-0.1, -0.05) is 6.07 Å². The van der Waals surface area contributed by atoms with Crippen molar-refractivity contribution in [2.75, 3.05) is 5.73 Å². The van der Waals surface area contributed by atoms with E-state index in [2.05, 4.69) is 20.5 Å². The SMILES string of the molecule is Nc1ccc(C(=O)NCc2nnc3ccccn23)nc1. The smallest absolute Gasteiger partial charge is 0.270 e. The van der Waals surface area contributed by atoms with Crippen LogP contribution in [0.2, 0.25) is 0 Å². The topological polar surface area (TPSA) is 98.2 Å². The summed E-state index contributed by atoms with van der Waals surface area (Å²) in [5.41, 5.74) is 7.09. The molecule has 0 atom stereocenters. The van der Waals surface area contributed by atoms with Crippen LogP contribution in [-0.2, 0) is 6.54 Å². The largest absolute Gasteiger partial charge is 0.397 e. The van der Waals surface area contributed by atoms with Gasteiger partial charge in [0.25, 0.3) is 5.91 Å². The Morgan fingerprint density at radius 2 is 2.15 bits per heavy atom. The molecular weight excluding hydrogens is 256 g/mol. The van der Waals surface area contributed by atoms with Gasteiger partial charge in [0.1, 0.15) is 5.69 Å². The fraction of sp³-hybridized carbons (Fsp3) is 0.0769. The number of nitrogens with zero attached hydrogens (tertiary/aromatic N) is 4. The van der Waals surface area contributed by atoms with E-state index in [1.54, 1.807) is 12.1 Å². The molecule has 0 radical (unpaired) electrons. The van der Waals surface area contributed by atoms with E-state index in [9.17, 15) is 4.79 Å². The molecule has 0 unspecified atom stereocenters. The van der Waals surface area contributed by atoms with Crippen molar-refractivity contribution >= 4 is 17.2 Å².